The van der Waals surface area contributed by atoms with Crippen molar-refractivity contribution in [3.63, 3.8) is 0 Å². The molecule has 0 aliphatic rings. The summed E-state index contributed by atoms with van der Waals surface area (Å²) in [5.41, 5.74) is 2.28. The molecule has 0 amide bonds. The number of aryl methyl sites for hydroxylation is 1. The Labute approximate surface area is 140 Å². The number of anilines is 1. The van der Waals surface area contributed by atoms with Gasteiger partial charge in [0.2, 0.25) is 0 Å². The molecule has 0 fully saturated rings. The summed E-state index contributed by atoms with van der Waals surface area (Å²) in [5.74, 6) is 1.25. The number of hydrogen-bond donors (Lipinski definition) is 1. The number of pyridine rings is 1. The predicted molar refractivity (Wildman–Crippen MR) is 94.1 cm³/mol. The lowest BCUT2D eigenvalue weighted by Gasteiger charge is -2.14. The van der Waals surface area contributed by atoms with Gasteiger partial charge in [0, 0.05) is 36.8 Å². The minimum absolute atomic E-state index is 0.149. The standard InChI is InChI=1S/C18H17N5O/c1-13-10-17(23(2)20-12-14-6-5-9-19-11-14)22-18(21-13)15-7-3-4-8-16(15)24/h3-12,24H,1-2H3/b20-12-. The molecule has 6 heteroatoms. The van der Waals surface area contributed by atoms with Crippen LogP contribution in [0.1, 0.15) is 11.3 Å². The van der Waals surface area contributed by atoms with Crippen LogP contribution in [0, 0.1) is 6.92 Å². The molecule has 3 aromatic rings. The summed E-state index contributed by atoms with van der Waals surface area (Å²) >= 11 is 0. The van der Waals surface area contributed by atoms with E-state index in [9.17, 15) is 5.11 Å². The van der Waals surface area contributed by atoms with E-state index in [0.717, 1.165) is 11.3 Å². The van der Waals surface area contributed by atoms with Gasteiger partial charge in [0.25, 0.3) is 0 Å². The molecule has 1 aromatic carbocycles. The molecule has 0 saturated carbocycles. The van der Waals surface area contributed by atoms with Crippen molar-refractivity contribution in [2.45, 2.75) is 6.92 Å². The van der Waals surface area contributed by atoms with E-state index >= 15 is 0 Å². The van der Waals surface area contributed by atoms with Crippen molar-refractivity contribution in [3.05, 3.63) is 66.1 Å². The molecule has 0 atom stereocenters. The SMILES string of the molecule is Cc1cc(N(C)/N=C\c2cccnc2)nc(-c2ccccc2O)n1. The van der Waals surface area contributed by atoms with Crippen LogP contribution in [-0.2, 0) is 0 Å². The van der Waals surface area contributed by atoms with Crippen molar-refractivity contribution in [1.29, 1.82) is 0 Å². The van der Waals surface area contributed by atoms with Gasteiger partial charge in [-0.25, -0.2) is 9.97 Å². The molecule has 24 heavy (non-hydrogen) atoms. The van der Waals surface area contributed by atoms with Crippen LogP contribution < -0.4 is 5.01 Å². The first-order valence-corrected chi connectivity index (χ1v) is 7.45. The molecule has 0 radical (unpaired) electrons. The summed E-state index contributed by atoms with van der Waals surface area (Å²) in [6.45, 7) is 1.88. The van der Waals surface area contributed by atoms with Crippen LogP contribution in [0.5, 0.6) is 5.75 Å². The molecule has 3 rings (SSSR count). The highest BCUT2D eigenvalue weighted by molar-refractivity contribution is 5.79. The smallest absolute Gasteiger partial charge is 0.165 e. The Morgan fingerprint density at radius 3 is 2.71 bits per heavy atom. The Bertz CT molecular complexity index is 864. The first kappa shape index (κ1) is 15.6. The number of phenolic OH excluding ortho intramolecular Hbond substituents is 1. The lowest BCUT2D eigenvalue weighted by atomic mass is 10.2. The second kappa shape index (κ2) is 6.87. The minimum Gasteiger partial charge on any atom is -0.507 e. The topological polar surface area (TPSA) is 74.5 Å². The molecule has 0 spiro atoms. The predicted octanol–water partition coefficient (Wildman–Crippen LogP) is 3.02. The number of aromatic hydroxyl groups is 1. The largest absolute Gasteiger partial charge is 0.507 e. The van der Waals surface area contributed by atoms with Gasteiger partial charge < -0.3 is 5.11 Å². The van der Waals surface area contributed by atoms with Crippen molar-refractivity contribution in [2.75, 3.05) is 12.1 Å². The Morgan fingerprint density at radius 2 is 1.96 bits per heavy atom. The Morgan fingerprint density at radius 1 is 1.12 bits per heavy atom. The molecular formula is C18H17N5O. The van der Waals surface area contributed by atoms with Crippen LogP contribution in [0.3, 0.4) is 0 Å². The van der Waals surface area contributed by atoms with Gasteiger partial charge in [-0.2, -0.15) is 5.10 Å². The van der Waals surface area contributed by atoms with Gasteiger partial charge >= 0.3 is 0 Å². The molecule has 120 valence electrons. The molecular weight excluding hydrogens is 302 g/mol. The van der Waals surface area contributed by atoms with Gasteiger partial charge in [0.15, 0.2) is 11.6 Å². The van der Waals surface area contributed by atoms with E-state index < -0.39 is 0 Å². The molecule has 0 saturated heterocycles. The van der Waals surface area contributed by atoms with Gasteiger partial charge in [0.05, 0.1) is 11.8 Å². The zero-order valence-corrected chi connectivity index (χ0v) is 13.5. The van der Waals surface area contributed by atoms with Crippen molar-refractivity contribution >= 4 is 12.0 Å². The highest BCUT2D eigenvalue weighted by atomic mass is 16.3. The van der Waals surface area contributed by atoms with Crippen LogP contribution in [0.15, 0.2) is 60.0 Å². The molecule has 1 N–H and O–H groups in total. The highest BCUT2D eigenvalue weighted by Crippen LogP contribution is 2.27. The average Bonchev–Trinajstić information content (AvgIpc) is 2.60. The van der Waals surface area contributed by atoms with E-state index in [1.807, 2.05) is 38.2 Å². The number of rotatable bonds is 4. The normalized spacial score (nSPS) is 10.9. The third kappa shape index (κ3) is 3.55. The number of hydrazone groups is 1. The summed E-state index contributed by atoms with van der Waals surface area (Å²) in [6.07, 6.45) is 5.16. The first-order valence-electron chi connectivity index (χ1n) is 7.45. The van der Waals surface area contributed by atoms with E-state index in [-0.39, 0.29) is 5.75 Å². The first-order chi connectivity index (χ1) is 11.6. The third-order valence-electron chi connectivity index (χ3n) is 3.38. The number of phenols is 1. The Hall–Kier alpha value is -3.28. The van der Waals surface area contributed by atoms with Gasteiger partial charge in [0.1, 0.15) is 5.75 Å². The van der Waals surface area contributed by atoms with E-state index in [1.165, 1.54) is 0 Å². The van der Waals surface area contributed by atoms with Crippen LogP contribution >= 0.6 is 0 Å². The fourth-order valence-corrected chi connectivity index (χ4v) is 2.17. The van der Waals surface area contributed by atoms with Crippen molar-refractivity contribution in [3.8, 4) is 17.1 Å². The Balaban J connectivity index is 1.91. The molecule has 6 nitrogen and oxygen atoms in total. The summed E-state index contributed by atoms with van der Waals surface area (Å²) in [6, 6.07) is 12.6. The molecule has 0 aliphatic carbocycles. The summed E-state index contributed by atoms with van der Waals surface area (Å²) in [7, 11) is 1.81. The molecule has 2 aromatic heterocycles. The monoisotopic (exact) mass is 319 g/mol. The third-order valence-corrected chi connectivity index (χ3v) is 3.38. The second-order valence-corrected chi connectivity index (χ2v) is 5.26. The summed E-state index contributed by atoms with van der Waals surface area (Å²) < 4.78 is 0. The molecule has 2 heterocycles. The summed E-state index contributed by atoms with van der Waals surface area (Å²) in [5, 5.41) is 16.0. The van der Waals surface area contributed by atoms with Crippen LogP contribution in [0.25, 0.3) is 11.4 Å². The van der Waals surface area contributed by atoms with E-state index in [0.29, 0.717) is 17.2 Å². The van der Waals surface area contributed by atoms with Crippen LogP contribution in [0.2, 0.25) is 0 Å². The van der Waals surface area contributed by atoms with Gasteiger partial charge in [-0.1, -0.05) is 18.2 Å². The van der Waals surface area contributed by atoms with Gasteiger partial charge in [-0.15, -0.1) is 0 Å². The Kier molecular flexibility index (Phi) is 4.47. The van der Waals surface area contributed by atoms with Gasteiger partial charge in [-0.3, -0.25) is 9.99 Å². The minimum atomic E-state index is 0.149. The van der Waals surface area contributed by atoms with E-state index in [1.54, 1.807) is 41.8 Å². The molecule has 0 aliphatic heterocycles. The zero-order valence-electron chi connectivity index (χ0n) is 13.5. The number of benzene rings is 1. The van der Waals surface area contributed by atoms with E-state index in [4.69, 9.17) is 0 Å². The number of aromatic nitrogens is 3. The molecule has 0 unspecified atom stereocenters. The van der Waals surface area contributed by atoms with Crippen molar-refractivity contribution < 1.29 is 5.11 Å². The van der Waals surface area contributed by atoms with Crippen LogP contribution in [0.4, 0.5) is 5.82 Å². The fourth-order valence-electron chi connectivity index (χ4n) is 2.17. The number of para-hydroxylation sites is 1. The van der Waals surface area contributed by atoms with Crippen molar-refractivity contribution in [2.24, 2.45) is 5.10 Å². The maximum absolute atomic E-state index is 10.0. The lowest BCUT2D eigenvalue weighted by molar-refractivity contribution is 0.477. The van der Waals surface area contributed by atoms with Crippen LogP contribution in [-0.4, -0.2) is 33.3 Å². The maximum Gasteiger partial charge on any atom is 0.165 e. The van der Waals surface area contributed by atoms with E-state index in [2.05, 4.69) is 20.1 Å². The van der Waals surface area contributed by atoms with Gasteiger partial charge in [-0.05, 0) is 25.1 Å². The van der Waals surface area contributed by atoms with Crippen molar-refractivity contribution in [1.82, 2.24) is 15.0 Å². The number of nitrogens with zero attached hydrogens (tertiary/aromatic N) is 5. The highest BCUT2D eigenvalue weighted by Gasteiger charge is 2.10. The average molecular weight is 319 g/mol. The quantitative estimate of drug-likeness (QED) is 0.591. The lowest BCUT2D eigenvalue weighted by Crippen LogP contribution is -2.12. The zero-order chi connectivity index (χ0) is 16.9. The molecule has 0 bridgehead atoms. The summed E-state index contributed by atoms with van der Waals surface area (Å²) in [4.78, 5) is 13.0. The fraction of sp³-hybridized carbons (Fsp3) is 0.111. The second-order valence-electron chi connectivity index (χ2n) is 5.26. The maximum atomic E-state index is 10.0. The number of hydrogen-bond acceptors (Lipinski definition) is 6.